The average Bonchev–Trinajstić information content (AvgIpc) is 3.04. The molecule has 3 aromatic rings. The van der Waals surface area contributed by atoms with E-state index < -0.39 is 0 Å². The fraction of sp³-hybridized carbons (Fsp3) is 0.200. The van der Waals surface area contributed by atoms with E-state index in [0.717, 1.165) is 41.7 Å². The van der Waals surface area contributed by atoms with Crippen LogP contribution in [0.25, 0.3) is 16.3 Å². The standard InChI is InChI=1S/C20H18ClN3OS/c21-16-12-14(11-13-7-9-22-10-8-13)5-6-15(16)19(25)24-20-23-17-3-1-2-4-18(17)26-20/h1-6,11-12,22H,7-10H2,(H,23,24,25). The SMILES string of the molecule is O=C(Nc1nc2ccccc2s1)c1ccc(C=C2CCNCC2)cc1Cl. The molecule has 132 valence electrons. The molecule has 4 rings (SSSR count). The summed E-state index contributed by atoms with van der Waals surface area (Å²) in [6.07, 6.45) is 4.27. The van der Waals surface area contributed by atoms with E-state index in [2.05, 4.69) is 21.7 Å². The maximum Gasteiger partial charge on any atom is 0.258 e. The average molecular weight is 384 g/mol. The van der Waals surface area contributed by atoms with Gasteiger partial charge in [0.05, 0.1) is 20.8 Å². The van der Waals surface area contributed by atoms with Gasteiger partial charge in [0.15, 0.2) is 5.13 Å². The molecule has 0 spiro atoms. The van der Waals surface area contributed by atoms with Crippen LogP contribution in [0.1, 0.15) is 28.8 Å². The van der Waals surface area contributed by atoms with Crippen molar-refractivity contribution in [3.63, 3.8) is 0 Å². The van der Waals surface area contributed by atoms with Crippen molar-refractivity contribution in [2.75, 3.05) is 18.4 Å². The molecule has 4 nitrogen and oxygen atoms in total. The summed E-state index contributed by atoms with van der Waals surface area (Å²) in [6, 6.07) is 13.4. The van der Waals surface area contributed by atoms with Gasteiger partial charge >= 0.3 is 0 Å². The van der Waals surface area contributed by atoms with Gasteiger partial charge in [0.25, 0.3) is 5.91 Å². The van der Waals surface area contributed by atoms with E-state index in [9.17, 15) is 4.79 Å². The number of carbonyl (C=O) groups is 1. The van der Waals surface area contributed by atoms with Crippen LogP contribution in [0.5, 0.6) is 0 Å². The molecule has 1 amide bonds. The zero-order valence-electron chi connectivity index (χ0n) is 14.1. The molecule has 2 N–H and O–H groups in total. The molecule has 0 bridgehead atoms. The number of halogens is 1. The number of amides is 1. The summed E-state index contributed by atoms with van der Waals surface area (Å²) < 4.78 is 1.04. The van der Waals surface area contributed by atoms with E-state index in [-0.39, 0.29) is 5.91 Å². The van der Waals surface area contributed by atoms with Crippen LogP contribution in [-0.4, -0.2) is 24.0 Å². The van der Waals surface area contributed by atoms with E-state index in [4.69, 9.17) is 11.6 Å². The van der Waals surface area contributed by atoms with Crippen molar-refractivity contribution in [1.29, 1.82) is 0 Å². The Morgan fingerprint density at radius 2 is 2.00 bits per heavy atom. The maximum absolute atomic E-state index is 12.6. The summed E-state index contributed by atoms with van der Waals surface area (Å²) in [5, 5.41) is 7.22. The summed E-state index contributed by atoms with van der Waals surface area (Å²) in [7, 11) is 0. The molecule has 1 saturated heterocycles. The zero-order valence-corrected chi connectivity index (χ0v) is 15.7. The van der Waals surface area contributed by atoms with E-state index in [1.54, 1.807) is 6.07 Å². The number of aromatic nitrogens is 1. The Labute approximate surface area is 160 Å². The number of thiazole rings is 1. The third-order valence-electron chi connectivity index (χ3n) is 4.37. The van der Waals surface area contributed by atoms with Crippen LogP contribution in [0.4, 0.5) is 5.13 Å². The van der Waals surface area contributed by atoms with Crippen molar-refractivity contribution < 1.29 is 4.79 Å². The monoisotopic (exact) mass is 383 g/mol. The van der Waals surface area contributed by atoms with E-state index in [1.165, 1.54) is 16.9 Å². The molecule has 0 radical (unpaired) electrons. The molecule has 6 heteroatoms. The van der Waals surface area contributed by atoms with Crippen molar-refractivity contribution in [3.05, 3.63) is 64.2 Å². The van der Waals surface area contributed by atoms with Crippen LogP contribution < -0.4 is 10.6 Å². The summed E-state index contributed by atoms with van der Waals surface area (Å²) in [4.78, 5) is 17.0. The molecule has 0 saturated carbocycles. The van der Waals surface area contributed by atoms with E-state index >= 15 is 0 Å². The number of carbonyl (C=O) groups excluding carboxylic acids is 1. The van der Waals surface area contributed by atoms with Crippen molar-refractivity contribution in [2.24, 2.45) is 0 Å². The van der Waals surface area contributed by atoms with Gasteiger partial charge in [-0.1, -0.05) is 52.8 Å². The first-order chi connectivity index (χ1) is 12.7. The Hall–Kier alpha value is -2.21. The second-order valence-corrected chi connectivity index (χ2v) is 7.67. The predicted molar refractivity (Wildman–Crippen MR) is 109 cm³/mol. The second-order valence-electron chi connectivity index (χ2n) is 6.23. The first-order valence-electron chi connectivity index (χ1n) is 8.56. The molecule has 1 aromatic heterocycles. The molecule has 0 unspecified atom stereocenters. The number of hydrogen-bond acceptors (Lipinski definition) is 4. The van der Waals surface area contributed by atoms with Gasteiger partial charge in [-0.05, 0) is 55.8 Å². The number of rotatable bonds is 3. The van der Waals surface area contributed by atoms with Gasteiger partial charge in [-0.3, -0.25) is 10.1 Å². The largest absolute Gasteiger partial charge is 0.316 e. The van der Waals surface area contributed by atoms with Gasteiger partial charge in [-0.2, -0.15) is 0 Å². The number of piperidine rings is 1. The predicted octanol–water partition coefficient (Wildman–Crippen LogP) is 4.97. The Balaban J connectivity index is 1.52. The van der Waals surface area contributed by atoms with E-state index in [1.807, 2.05) is 36.4 Å². The number of anilines is 1. The molecule has 0 aliphatic carbocycles. The van der Waals surface area contributed by atoms with Gasteiger partial charge in [-0.25, -0.2) is 4.98 Å². The molecule has 2 heterocycles. The molecule has 1 aliphatic rings. The fourth-order valence-electron chi connectivity index (χ4n) is 3.02. The van der Waals surface area contributed by atoms with Crippen LogP contribution in [0, 0.1) is 0 Å². The Morgan fingerprint density at radius 3 is 2.77 bits per heavy atom. The number of para-hydroxylation sites is 1. The van der Waals surface area contributed by atoms with Crippen molar-refractivity contribution >= 4 is 50.3 Å². The first kappa shape index (κ1) is 17.2. The lowest BCUT2D eigenvalue weighted by molar-refractivity contribution is 0.102. The third-order valence-corrected chi connectivity index (χ3v) is 5.63. The third kappa shape index (κ3) is 3.80. The summed E-state index contributed by atoms with van der Waals surface area (Å²) in [6.45, 7) is 2.03. The molecular formula is C20H18ClN3OS. The molecule has 26 heavy (non-hydrogen) atoms. The van der Waals surface area contributed by atoms with E-state index in [0.29, 0.717) is 15.7 Å². The van der Waals surface area contributed by atoms with Gasteiger partial charge in [0.2, 0.25) is 0 Å². The Morgan fingerprint density at radius 1 is 1.19 bits per heavy atom. The minimum atomic E-state index is -0.241. The van der Waals surface area contributed by atoms with Gasteiger partial charge in [0.1, 0.15) is 0 Å². The maximum atomic E-state index is 12.6. The second kappa shape index (κ2) is 7.58. The number of hydrogen-bond donors (Lipinski definition) is 2. The molecule has 1 fully saturated rings. The first-order valence-corrected chi connectivity index (χ1v) is 9.75. The quantitative estimate of drug-likeness (QED) is 0.671. The highest BCUT2D eigenvalue weighted by atomic mass is 35.5. The lowest BCUT2D eigenvalue weighted by Gasteiger charge is -2.15. The van der Waals surface area contributed by atoms with Crippen molar-refractivity contribution in [3.8, 4) is 0 Å². The topological polar surface area (TPSA) is 54.0 Å². The molecule has 1 aliphatic heterocycles. The van der Waals surface area contributed by atoms with Crippen molar-refractivity contribution in [1.82, 2.24) is 10.3 Å². The summed E-state index contributed by atoms with van der Waals surface area (Å²) in [5.74, 6) is -0.241. The molecule has 2 aromatic carbocycles. The molecule has 0 atom stereocenters. The van der Waals surface area contributed by atoms with Gasteiger partial charge < -0.3 is 5.32 Å². The normalized spacial score (nSPS) is 14.4. The minimum Gasteiger partial charge on any atom is -0.316 e. The minimum absolute atomic E-state index is 0.241. The highest BCUT2D eigenvalue weighted by Crippen LogP contribution is 2.27. The number of benzene rings is 2. The van der Waals surface area contributed by atoms with Crippen LogP contribution >= 0.6 is 22.9 Å². The smallest absolute Gasteiger partial charge is 0.258 e. The highest BCUT2D eigenvalue weighted by Gasteiger charge is 2.14. The summed E-state index contributed by atoms with van der Waals surface area (Å²) >= 11 is 7.82. The Kier molecular flexibility index (Phi) is 5.02. The van der Waals surface area contributed by atoms with Crippen LogP contribution in [0.15, 0.2) is 48.0 Å². The Bertz CT molecular complexity index is 955. The number of fused-ring (bicyclic) bond motifs is 1. The van der Waals surface area contributed by atoms with Gasteiger partial charge in [-0.15, -0.1) is 0 Å². The van der Waals surface area contributed by atoms with Crippen LogP contribution in [-0.2, 0) is 0 Å². The van der Waals surface area contributed by atoms with Crippen molar-refractivity contribution in [2.45, 2.75) is 12.8 Å². The number of nitrogens with one attached hydrogen (secondary N) is 2. The summed E-state index contributed by atoms with van der Waals surface area (Å²) in [5.41, 5.74) is 3.77. The lowest BCUT2D eigenvalue weighted by Crippen LogP contribution is -2.22. The lowest BCUT2D eigenvalue weighted by atomic mass is 10.0. The van der Waals surface area contributed by atoms with Crippen LogP contribution in [0.3, 0.4) is 0 Å². The zero-order chi connectivity index (χ0) is 17.9. The molecular weight excluding hydrogens is 366 g/mol. The van der Waals surface area contributed by atoms with Gasteiger partial charge in [0, 0.05) is 0 Å². The number of nitrogens with zero attached hydrogens (tertiary/aromatic N) is 1. The van der Waals surface area contributed by atoms with Crippen LogP contribution in [0.2, 0.25) is 5.02 Å². The fourth-order valence-corrected chi connectivity index (χ4v) is 4.16. The highest BCUT2D eigenvalue weighted by molar-refractivity contribution is 7.22.